The monoisotopic (exact) mass is 479 g/mol. The molecule has 0 amide bonds. The average Bonchev–Trinajstić information content (AvgIpc) is 3.21. The standard InChI is InChI=1S/C25H26ClN5O3/c1-14-11-28-19(18-7-8-27-24(30-18)25(4,5)6)10-20(14)31-15(2)9-21(22(26)23(31)32)34-13-17-12-33-16(3)29-17/h7-12H,13H2,1-6H3. The van der Waals surface area contributed by atoms with Crippen molar-refractivity contribution in [3.8, 4) is 22.8 Å². The zero-order valence-corrected chi connectivity index (χ0v) is 20.8. The first-order valence-corrected chi connectivity index (χ1v) is 11.2. The lowest BCUT2D eigenvalue weighted by Crippen LogP contribution is -2.23. The SMILES string of the molecule is Cc1nc(COc2cc(C)n(-c3cc(-c4ccnc(C(C)(C)C)n4)ncc3C)c(=O)c2Cl)co1. The summed E-state index contributed by atoms with van der Waals surface area (Å²) in [6, 6.07) is 5.38. The maximum absolute atomic E-state index is 13.3. The Morgan fingerprint density at radius 3 is 2.53 bits per heavy atom. The minimum absolute atomic E-state index is 0.0133. The zero-order chi connectivity index (χ0) is 24.6. The Morgan fingerprint density at radius 2 is 1.85 bits per heavy atom. The maximum Gasteiger partial charge on any atom is 0.277 e. The molecule has 0 fully saturated rings. The molecule has 0 saturated carbocycles. The second-order valence-electron chi connectivity index (χ2n) is 9.12. The Morgan fingerprint density at radius 1 is 1.09 bits per heavy atom. The summed E-state index contributed by atoms with van der Waals surface area (Å²) in [5.74, 6) is 1.55. The highest BCUT2D eigenvalue weighted by Gasteiger charge is 2.20. The molecule has 0 aliphatic heterocycles. The van der Waals surface area contributed by atoms with E-state index in [1.807, 2.05) is 26.0 Å². The lowest BCUT2D eigenvalue weighted by molar-refractivity contribution is 0.300. The van der Waals surface area contributed by atoms with Gasteiger partial charge < -0.3 is 9.15 Å². The van der Waals surface area contributed by atoms with Crippen molar-refractivity contribution in [1.29, 1.82) is 0 Å². The summed E-state index contributed by atoms with van der Waals surface area (Å²) >= 11 is 6.43. The highest BCUT2D eigenvalue weighted by atomic mass is 35.5. The Labute approximate surface area is 202 Å². The Bertz CT molecular complexity index is 1420. The van der Waals surface area contributed by atoms with Crippen LogP contribution >= 0.6 is 11.6 Å². The predicted molar refractivity (Wildman–Crippen MR) is 130 cm³/mol. The van der Waals surface area contributed by atoms with Gasteiger partial charge in [0.1, 0.15) is 35.2 Å². The molecule has 0 saturated heterocycles. The number of oxazole rings is 1. The minimum Gasteiger partial charge on any atom is -0.485 e. The van der Waals surface area contributed by atoms with Crippen LogP contribution < -0.4 is 10.3 Å². The van der Waals surface area contributed by atoms with E-state index in [1.165, 1.54) is 6.26 Å². The van der Waals surface area contributed by atoms with Crippen molar-refractivity contribution < 1.29 is 9.15 Å². The highest BCUT2D eigenvalue weighted by Crippen LogP contribution is 2.27. The van der Waals surface area contributed by atoms with Crippen molar-refractivity contribution in [2.24, 2.45) is 0 Å². The lowest BCUT2D eigenvalue weighted by Gasteiger charge is -2.18. The van der Waals surface area contributed by atoms with E-state index in [0.717, 1.165) is 5.56 Å². The van der Waals surface area contributed by atoms with E-state index < -0.39 is 0 Å². The number of aryl methyl sites for hydroxylation is 3. The van der Waals surface area contributed by atoms with Gasteiger partial charge in [-0.3, -0.25) is 14.3 Å². The van der Waals surface area contributed by atoms with Crippen LogP contribution in [0.1, 0.15) is 49.4 Å². The third-order valence-electron chi connectivity index (χ3n) is 5.25. The molecule has 0 aliphatic rings. The fourth-order valence-corrected chi connectivity index (χ4v) is 3.66. The first-order chi connectivity index (χ1) is 16.0. The van der Waals surface area contributed by atoms with Crippen molar-refractivity contribution in [3.05, 3.63) is 80.9 Å². The van der Waals surface area contributed by atoms with Gasteiger partial charge in [-0.1, -0.05) is 32.4 Å². The Hall–Kier alpha value is -3.52. The van der Waals surface area contributed by atoms with Crippen molar-refractivity contribution in [2.45, 2.75) is 53.6 Å². The molecule has 0 unspecified atom stereocenters. The Balaban J connectivity index is 1.73. The molecule has 0 aromatic carbocycles. The third-order valence-corrected chi connectivity index (χ3v) is 5.59. The summed E-state index contributed by atoms with van der Waals surface area (Å²) in [7, 11) is 0. The summed E-state index contributed by atoms with van der Waals surface area (Å²) in [6.07, 6.45) is 4.96. The molecule has 0 N–H and O–H groups in total. The molecule has 0 radical (unpaired) electrons. The molecule has 176 valence electrons. The molecule has 34 heavy (non-hydrogen) atoms. The zero-order valence-electron chi connectivity index (χ0n) is 20.0. The van der Waals surface area contributed by atoms with Gasteiger partial charge >= 0.3 is 0 Å². The number of hydrogen-bond donors (Lipinski definition) is 0. The van der Waals surface area contributed by atoms with Gasteiger partial charge in [-0.15, -0.1) is 0 Å². The normalized spacial score (nSPS) is 11.6. The maximum atomic E-state index is 13.3. The van der Waals surface area contributed by atoms with E-state index in [9.17, 15) is 4.79 Å². The average molecular weight is 480 g/mol. The van der Waals surface area contributed by atoms with Crippen LogP contribution in [0, 0.1) is 20.8 Å². The molecule has 4 aromatic heterocycles. The van der Waals surface area contributed by atoms with Gasteiger partial charge in [0.15, 0.2) is 5.89 Å². The van der Waals surface area contributed by atoms with Crippen molar-refractivity contribution in [1.82, 2.24) is 24.5 Å². The van der Waals surface area contributed by atoms with Crippen molar-refractivity contribution >= 4 is 11.6 Å². The largest absolute Gasteiger partial charge is 0.485 e. The van der Waals surface area contributed by atoms with Crippen LogP contribution in [-0.2, 0) is 12.0 Å². The summed E-state index contributed by atoms with van der Waals surface area (Å²) in [5, 5.41) is -0.0133. The summed E-state index contributed by atoms with van der Waals surface area (Å²) in [5.41, 5.74) is 3.50. The highest BCUT2D eigenvalue weighted by molar-refractivity contribution is 6.31. The molecule has 8 nitrogen and oxygen atoms in total. The Kier molecular flexibility index (Phi) is 6.27. The fraction of sp³-hybridized carbons (Fsp3) is 0.320. The van der Waals surface area contributed by atoms with Crippen LogP contribution in [0.25, 0.3) is 17.1 Å². The van der Waals surface area contributed by atoms with E-state index >= 15 is 0 Å². The number of ether oxygens (including phenoxy) is 1. The van der Waals surface area contributed by atoms with Crippen LogP contribution in [0.5, 0.6) is 5.75 Å². The van der Waals surface area contributed by atoms with Gasteiger partial charge in [0, 0.05) is 36.5 Å². The van der Waals surface area contributed by atoms with Gasteiger partial charge in [0.25, 0.3) is 5.56 Å². The minimum atomic E-state index is -0.383. The van der Waals surface area contributed by atoms with Gasteiger partial charge in [-0.05, 0) is 31.5 Å². The smallest absolute Gasteiger partial charge is 0.277 e. The molecule has 0 spiro atoms. The number of pyridine rings is 2. The van der Waals surface area contributed by atoms with E-state index in [2.05, 4.69) is 40.7 Å². The molecule has 0 aliphatic carbocycles. The van der Waals surface area contributed by atoms with Gasteiger partial charge in [-0.2, -0.15) is 0 Å². The van der Waals surface area contributed by atoms with E-state index in [-0.39, 0.29) is 22.6 Å². The molecule has 0 atom stereocenters. The molecule has 4 heterocycles. The van der Waals surface area contributed by atoms with Gasteiger partial charge in [0.2, 0.25) is 0 Å². The summed E-state index contributed by atoms with van der Waals surface area (Å²) in [6.45, 7) is 11.8. The lowest BCUT2D eigenvalue weighted by atomic mass is 9.95. The van der Waals surface area contributed by atoms with Crippen LogP contribution in [0.2, 0.25) is 5.02 Å². The summed E-state index contributed by atoms with van der Waals surface area (Å²) < 4.78 is 12.5. The number of nitrogens with zero attached hydrogens (tertiary/aromatic N) is 5. The van der Waals surface area contributed by atoms with Crippen molar-refractivity contribution in [2.75, 3.05) is 0 Å². The van der Waals surface area contributed by atoms with Crippen LogP contribution in [0.4, 0.5) is 0 Å². The predicted octanol–water partition coefficient (Wildman–Crippen LogP) is 5.13. The quantitative estimate of drug-likeness (QED) is 0.391. The van der Waals surface area contributed by atoms with E-state index in [4.69, 9.17) is 20.8 Å². The van der Waals surface area contributed by atoms with Gasteiger partial charge in [-0.25, -0.2) is 15.0 Å². The number of halogens is 1. The number of hydrogen-bond acceptors (Lipinski definition) is 7. The molecular formula is C25H26ClN5O3. The van der Waals surface area contributed by atoms with E-state index in [1.54, 1.807) is 30.0 Å². The van der Waals surface area contributed by atoms with Crippen LogP contribution in [0.3, 0.4) is 0 Å². The molecule has 4 rings (SSSR count). The third kappa shape index (κ3) is 4.72. The second-order valence-corrected chi connectivity index (χ2v) is 9.50. The van der Waals surface area contributed by atoms with E-state index in [0.29, 0.717) is 45.9 Å². The molecule has 4 aromatic rings. The molecule has 9 heteroatoms. The topological polar surface area (TPSA) is 95.9 Å². The van der Waals surface area contributed by atoms with Gasteiger partial charge in [0.05, 0.1) is 17.1 Å². The van der Waals surface area contributed by atoms with Crippen LogP contribution in [-0.4, -0.2) is 24.5 Å². The second kappa shape index (κ2) is 9.02. The fourth-order valence-electron chi connectivity index (χ4n) is 3.47. The van der Waals surface area contributed by atoms with Crippen molar-refractivity contribution in [3.63, 3.8) is 0 Å². The number of aromatic nitrogens is 5. The first kappa shape index (κ1) is 23.6. The molecule has 0 bridgehead atoms. The first-order valence-electron chi connectivity index (χ1n) is 10.8. The van der Waals surface area contributed by atoms with Crippen LogP contribution in [0.15, 0.2) is 46.1 Å². The molecular weight excluding hydrogens is 454 g/mol. The summed E-state index contributed by atoms with van der Waals surface area (Å²) in [4.78, 5) is 31.1. The number of rotatable bonds is 5.